The molecule has 0 bridgehead atoms. The second-order valence-electron chi connectivity index (χ2n) is 3.10. The molecule has 0 radical (unpaired) electrons. The summed E-state index contributed by atoms with van der Waals surface area (Å²) < 4.78 is 0. The lowest BCUT2D eigenvalue weighted by Crippen LogP contribution is -2.79. The van der Waals surface area contributed by atoms with E-state index < -0.39 is 8.72 Å². The SMILES string of the molecule is CCCN[Si](NC)(NC)NCCC. The van der Waals surface area contributed by atoms with Crippen LogP contribution < -0.4 is 19.9 Å². The minimum Gasteiger partial charge on any atom is -0.303 e. The summed E-state index contributed by atoms with van der Waals surface area (Å²) in [5.74, 6) is 0. The molecule has 4 N–H and O–H groups in total. The first-order valence-electron chi connectivity index (χ1n) is 5.12. The van der Waals surface area contributed by atoms with Crippen LogP contribution in [0.2, 0.25) is 0 Å². The molecule has 0 saturated carbocycles. The third-order valence-corrected chi connectivity index (χ3v) is 5.09. The van der Waals surface area contributed by atoms with Crippen molar-refractivity contribution in [3.05, 3.63) is 0 Å². The molecule has 0 aliphatic rings. The normalized spacial score (nSPS) is 12.0. The van der Waals surface area contributed by atoms with Gasteiger partial charge in [0, 0.05) is 0 Å². The van der Waals surface area contributed by atoms with Crippen LogP contribution in [-0.2, 0) is 0 Å². The molecule has 5 heteroatoms. The molecule has 13 heavy (non-hydrogen) atoms. The largest absolute Gasteiger partial charge is 0.365 e. The Bertz CT molecular complexity index is 107. The van der Waals surface area contributed by atoms with E-state index >= 15 is 0 Å². The van der Waals surface area contributed by atoms with Gasteiger partial charge >= 0.3 is 8.72 Å². The summed E-state index contributed by atoms with van der Waals surface area (Å²) in [5, 5.41) is 0. The Morgan fingerprint density at radius 2 is 1.23 bits per heavy atom. The predicted octanol–water partition coefficient (Wildman–Crippen LogP) is -0.140. The highest BCUT2D eigenvalue weighted by Crippen LogP contribution is 1.83. The molecule has 0 spiro atoms. The maximum absolute atomic E-state index is 3.52. The number of nitrogens with one attached hydrogen (secondary N) is 4. The highest BCUT2D eigenvalue weighted by Gasteiger charge is 2.29. The molecule has 0 aliphatic heterocycles. The molecule has 0 heterocycles. The van der Waals surface area contributed by atoms with Crippen molar-refractivity contribution in [1.29, 1.82) is 0 Å². The van der Waals surface area contributed by atoms with E-state index in [0.717, 1.165) is 25.9 Å². The average molecular weight is 204 g/mol. The van der Waals surface area contributed by atoms with Crippen LogP contribution in [0.3, 0.4) is 0 Å². The van der Waals surface area contributed by atoms with E-state index in [4.69, 9.17) is 0 Å². The zero-order valence-corrected chi connectivity index (χ0v) is 10.3. The first kappa shape index (κ1) is 13.1. The maximum Gasteiger partial charge on any atom is 0.365 e. The third-order valence-electron chi connectivity index (χ3n) is 2.03. The third kappa shape index (κ3) is 4.73. The molecule has 0 aliphatic carbocycles. The fraction of sp³-hybridized carbons (Fsp3) is 1.00. The standard InChI is InChI=1S/C8H24N4Si/c1-5-7-11-13(9-3,10-4)12-8-6-2/h9-12H,5-8H2,1-4H3. The lowest BCUT2D eigenvalue weighted by Gasteiger charge is -2.31. The van der Waals surface area contributed by atoms with E-state index in [2.05, 4.69) is 33.8 Å². The molecule has 0 aromatic rings. The van der Waals surface area contributed by atoms with Gasteiger partial charge in [0.1, 0.15) is 0 Å². The monoisotopic (exact) mass is 204 g/mol. The molecule has 0 unspecified atom stereocenters. The Hall–Kier alpha value is 0.0569. The Morgan fingerprint density at radius 1 is 0.846 bits per heavy atom. The number of hydrogen-bond acceptors (Lipinski definition) is 4. The fourth-order valence-corrected chi connectivity index (χ4v) is 3.50. The highest BCUT2D eigenvalue weighted by molar-refractivity contribution is 6.69. The quantitative estimate of drug-likeness (QED) is 0.416. The van der Waals surface area contributed by atoms with Crippen molar-refractivity contribution < 1.29 is 0 Å². The van der Waals surface area contributed by atoms with Crippen molar-refractivity contribution in [2.24, 2.45) is 0 Å². The van der Waals surface area contributed by atoms with Gasteiger partial charge in [0.25, 0.3) is 0 Å². The molecule has 0 aromatic heterocycles. The van der Waals surface area contributed by atoms with Crippen molar-refractivity contribution in [3.8, 4) is 0 Å². The molecule has 0 rings (SSSR count). The van der Waals surface area contributed by atoms with E-state index in [1.165, 1.54) is 0 Å². The van der Waals surface area contributed by atoms with Crippen molar-refractivity contribution in [3.63, 3.8) is 0 Å². The van der Waals surface area contributed by atoms with E-state index in [1.54, 1.807) is 0 Å². The average Bonchev–Trinajstić information content (AvgIpc) is 2.20. The molecule has 0 fully saturated rings. The summed E-state index contributed by atoms with van der Waals surface area (Å²) >= 11 is 0. The zero-order chi connectivity index (χ0) is 10.2. The molecule has 0 aromatic carbocycles. The molecule has 0 amide bonds. The van der Waals surface area contributed by atoms with Crippen molar-refractivity contribution >= 4 is 8.72 Å². The van der Waals surface area contributed by atoms with Gasteiger partial charge in [-0.25, -0.2) is 0 Å². The summed E-state index contributed by atoms with van der Waals surface area (Å²) in [4.78, 5) is 13.7. The maximum atomic E-state index is 3.52. The van der Waals surface area contributed by atoms with Crippen molar-refractivity contribution in [2.45, 2.75) is 26.7 Å². The van der Waals surface area contributed by atoms with Crippen LogP contribution >= 0.6 is 0 Å². The Morgan fingerprint density at radius 3 is 1.46 bits per heavy atom. The van der Waals surface area contributed by atoms with Gasteiger partial charge in [-0.05, 0) is 40.0 Å². The molecule has 80 valence electrons. The van der Waals surface area contributed by atoms with Crippen LogP contribution in [0.25, 0.3) is 0 Å². The lowest BCUT2D eigenvalue weighted by molar-refractivity contribution is 0.706. The summed E-state index contributed by atoms with van der Waals surface area (Å²) in [5.41, 5.74) is 0. The van der Waals surface area contributed by atoms with Crippen LogP contribution in [0.5, 0.6) is 0 Å². The van der Waals surface area contributed by atoms with Crippen molar-refractivity contribution in [2.75, 3.05) is 27.2 Å². The minimum atomic E-state index is -1.79. The first-order valence-corrected chi connectivity index (χ1v) is 7.12. The van der Waals surface area contributed by atoms with Crippen LogP contribution in [-0.4, -0.2) is 35.9 Å². The van der Waals surface area contributed by atoms with Gasteiger partial charge in [0.2, 0.25) is 0 Å². The Balaban J connectivity index is 3.97. The minimum absolute atomic E-state index is 1.05. The van der Waals surface area contributed by atoms with Gasteiger partial charge in [-0.3, -0.25) is 0 Å². The van der Waals surface area contributed by atoms with E-state index in [-0.39, 0.29) is 0 Å². The van der Waals surface area contributed by atoms with E-state index in [9.17, 15) is 0 Å². The number of rotatable bonds is 8. The zero-order valence-electron chi connectivity index (χ0n) is 9.33. The lowest BCUT2D eigenvalue weighted by atomic mass is 10.5. The smallest absolute Gasteiger partial charge is 0.303 e. The summed E-state index contributed by atoms with van der Waals surface area (Å²) in [6, 6.07) is 0. The van der Waals surface area contributed by atoms with Gasteiger partial charge in [0.15, 0.2) is 0 Å². The topological polar surface area (TPSA) is 48.1 Å². The summed E-state index contributed by atoms with van der Waals surface area (Å²) in [6.07, 6.45) is 2.32. The second kappa shape index (κ2) is 7.46. The van der Waals surface area contributed by atoms with Crippen LogP contribution in [0.15, 0.2) is 0 Å². The van der Waals surface area contributed by atoms with E-state index in [1.807, 2.05) is 14.1 Å². The Kier molecular flexibility index (Phi) is 7.49. The van der Waals surface area contributed by atoms with E-state index in [0.29, 0.717) is 0 Å². The first-order chi connectivity index (χ1) is 6.24. The second-order valence-corrected chi connectivity index (χ2v) is 6.31. The van der Waals surface area contributed by atoms with Gasteiger partial charge in [-0.1, -0.05) is 13.8 Å². The molecule has 0 atom stereocenters. The van der Waals surface area contributed by atoms with Gasteiger partial charge in [-0.2, -0.15) is 0 Å². The fourth-order valence-electron chi connectivity index (χ4n) is 1.17. The van der Waals surface area contributed by atoms with Gasteiger partial charge < -0.3 is 19.9 Å². The van der Waals surface area contributed by atoms with Gasteiger partial charge in [0.05, 0.1) is 0 Å². The molecule has 0 saturated heterocycles. The predicted molar refractivity (Wildman–Crippen MR) is 60.5 cm³/mol. The summed E-state index contributed by atoms with van der Waals surface area (Å²) in [7, 11) is 2.20. The van der Waals surface area contributed by atoms with Crippen LogP contribution in [0.1, 0.15) is 26.7 Å². The van der Waals surface area contributed by atoms with Crippen molar-refractivity contribution in [1.82, 2.24) is 19.9 Å². The van der Waals surface area contributed by atoms with Crippen LogP contribution in [0, 0.1) is 0 Å². The summed E-state index contributed by atoms with van der Waals surface area (Å²) in [6.45, 7) is 6.45. The molecule has 4 nitrogen and oxygen atoms in total. The number of hydrogen-bond donors (Lipinski definition) is 4. The van der Waals surface area contributed by atoms with Gasteiger partial charge in [-0.15, -0.1) is 0 Å². The molecular formula is C8H24N4Si. The molecular weight excluding hydrogens is 180 g/mol. The highest BCUT2D eigenvalue weighted by atomic mass is 28.4. The Labute approximate surface area is 83.2 Å². The van der Waals surface area contributed by atoms with Crippen LogP contribution in [0.4, 0.5) is 0 Å².